The average molecular weight is 370 g/mol. The number of aliphatic imine (C=N–C) groups is 1. The second-order valence-corrected chi connectivity index (χ2v) is 4.29. The predicted molar refractivity (Wildman–Crippen MR) is 92.1 cm³/mol. The molecule has 0 aromatic carbocycles. The van der Waals surface area contributed by atoms with Crippen molar-refractivity contribution in [3.63, 3.8) is 0 Å². The van der Waals surface area contributed by atoms with Gasteiger partial charge in [0.2, 0.25) is 0 Å². The summed E-state index contributed by atoms with van der Waals surface area (Å²) in [6.45, 7) is 11.4. The molecule has 0 amide bonds. The fourth-order valence-corrected chi connectivity index (χ4v) is 1.42. The minimum Gasteiger partial charge on any atom is -0.357 e. The van der Waals surface area contributed by atoms with Gasteiger partial charge >= 0.3 is 0 Å². The number of hydrogen-bond donors (Lipinski definition) is 2. The van der Waals surface area contributed by atoms with Crippen molar-refractivity contribution in [2.45, 2.75) is 40.0 Å². The second kappa shape index (κ2) is 15.0. The Morgan fingerprint density at radius 1 is 1.11 bits per heavy atom. The van der Waals surface area contributed by atoms with E-state index in [1.54, 1.807) is 0 Å². The first-order chi connectivity index (χ1) is 8.24. The minimum absolute atomic E-state index is 0. The topological polar surface area (TPSA) is 39.7 Å². The fraction of sp³-hybridized carbons (Fsp3) is 0.923. The molecule has 0 aliphatic heterocycles. The third-order valence-corrected chi connectivity index (χ3v) is 2.70. The number of halogens is 1. The minimum atomic E-state index is 0. The zero-order valence-corrected chi connectivity index (χ0v) is 14.8. The van der Waals surface area contributed by atoms with Gasteiger partial charge in [0.1, 0.15) is 0 Å². The standard InChI is InChI=1S/C13H30N4.HI/c1-5-8-9-10-15-13(14-6-2)16-11-12-17(4)7-3;/h5-12H2,1-4H3,(H2,14,15,16);1H. The molecule has 0 aliphatic carbocycles. The largest absolute Gasteiger partial charge is 0.357 e. The van der Waals surface area contributed by atoms with E-state index in [1.807, 2.05) is 0 Å². The van der Waals surface area contributed by atoms with Gasteiger partial charge in [-0.05, 0) is 26.9 Å². The molecule has 18 heavy (non-hydrogen) atoms. The molecule has 0 atom stereocenters. The van der Waals surface area contributed by atoms with Crippen molar-refractivity contribution in [3.05, 3.63) is 0 Å². The first-order valence-corrected chi connectivity index (χ1v) is 6.95. The molecule has 0 saturated carbocycles. The van der Waals surface area contributed by atoms with Crippen LogP contribution in [0.1, 0.15) is 40.0 Å². The summed E-state index contributed by atoms with van der Waals surface area (Å²) in [7, 11) is 2.13. The number of likely N-dealkylation sites (N-methyl/N-ethyl adjacent to an activating group) is 1. The lowest BCUT2D eigenvalue weighted by molar-refractivity contribution is 0.357. The van der Waals surface area contributed by atoms with Crippen molar-refractivity contribution < 1.29 is 0 Å². The van der Waals surface area contributed by atoms with Gasteiger partial charge in [-0.2, -0.15) is 0 Å². The predicted octanol–water partition coefficient (Wildman–Crippen LogP) is 2.30. The van der Waals surface area contributed by atoms with Crippen molar-refractivity contribution in [1.82, 2.24) is 15.5 Å². The Hall–Kier alpha value is -0.0400. The van der Waals surface area contributed by atoms with Gasteiger partial charge in [0, 0.05) is 26.2 Å². The summed E-state index contributed by atoms with van der Waals surface area (Å²) in [6.07, 6.45) is 3.70. The van der Waals surface area contributed by atoms with Crippen LogP contribution < -0.4 is 10.6 Å². The van der Waals surface area contributed by atoms with Crippen LogP contribution in [0.5, 0.6) is 0 Å². The van der Waals surface area contributed by atoms with Gasteiger partial charge in [-0.3, -0.25) is 4.99 Å². The average Bonchev–Trinajstić information content (AvgIpc) is 2.34. The van der Waals surface area contributed by atoms with E-state index >= 15 is 0 Å². The Morgan fingerprint density at radius 2 is 1.83 bits per heavy atom. The molecule has 4 nitrogen and oxygen atoms in total. The Labute approximate surface area is 130 Å². The van der Waals surface area contributed by atoms with E-state index in [-0.39, 0.29) is 24.0 Å². The summed E-state index contributed by atoms with van der Waals surface area (Å²) < 4.78 is 0. The van der Waals surface area contributed by atoms with Crippen LogP contribution in [0.15, 0.2) is 4.99 Å². The van der Waals surface area contributed by atoms with E-state index in [0.717, 1.165) is 38.7 Å². The van der Waals surface area contributed by atoms with E-state index in [9.17, 15) is 0 Å². The van der Waals surface area contributed by atoms with Crippen molar-refractivity contribution in [2.24, 2.45) is 4.99 Å². The van der Waals surface area contributed by atoms with Crippen LogP contribution in [0.2, 0.25) is 0 Å². The molecule has 0 heterocycles. The number of guanidine groups is 1. The molecule has 2 N–H and O–H groups in total. The summed E-state index contributed by atoms with van der Waals surface area (Å²) in [6, 6.07) is 0. The van der Waals surface area contributed by atoms with Gasteiger partial charge in [0.25, 0.3) is 0 Å². The molecule has 0 rings (SSSR count). The lowest BCUT2D eigenvalue weighted by Crippen LogP contribution is -2.41. The van der Waals surface area contributed by atoms with E-state index in [2.05, 4.69) is 48.3 Å². The number of nitrogens with zero attached hydrogens (tertiary/aromatic N) is 2. The number of rotatable bonds is 9. The van der Waals surface area contributed by atoms with E-state index in [4.69, 9.17) is 0 Å². The maximum absolute atomic E-state index is 4.55. The zero-order valence-electron chi connectivity index (χ0n) is 12.5. The zero-order chi connectivity index (χ0) is 12.9. The monoisotopic (exact) mass is 370 g/mol. The van der Waals surface area contributed by atoms with Gasteiger partial charge in [-0.25, -0.2) is 0 Å². The van der Waals surface area contributed by atoms with Crippen molar-refractivity contribution in [2.75, 3.05) is 39.8 Å². The van der Waals surface area contributed by atoms with Crippen LogP contribution in [0.25, 0.3) is 0 Å². The van der Waals surface area contributed by atoms with Crippen LogP contribution in [0, 0.1) is 0 Å². The molecule has 0 aromatic rings. The molecular formula is C13H31IN4. The normalized spacial score (nSPS) is 11.3. The maximum atomic E-state index is 4.55. The van der Waals surface area contributed by atoms with Crippen LogP contribution in [0.3, 0.4) is 0 Å². The first kappa shape index (κ1) is 20.3. The SMILES string of the molecule is CCCCCN=C(NCC)NCCN(C)CC.I. The molecule has 0 bridgehead atoms. The number of nitrogens with one attached hydrogen (secondary N) is 2. The van der Waals surface area contributed by atoms with Gasteiger partial charge in [-0.1, -0.05) is 26.7 Å². The molecular weight excluding hydrogens is 339 g/mol. The lowest BCUT2D eigenvalue weighted by Gasteiger charge is -2.16. The van der Waals surface area contributed by atoms with E-state index < -0.39 is 0 Å². The Balaban J connectivity index is 0. The number of hydrogen-bond acceptors (Lipinski definition) is 2. The van der Waals surface area contributed by atoms with Crippen molar-refractivity contribution in [3.8, 4) is 0 Å². The first-order valence-electron chi connectivity index (χ1n) is 6.95. The second-order valence-electron chi connectivity index (χ2n) is 4.29. The van der Waals surface area contributed by atoms with Gasteiger partial charge < -0.3 is 15.5 Å². The highest BCUT2D eigenvalue weighted by atomic mass is 127. The molecule has 110 valence electrons. The Kier molecular flexibility index (Phi) is 16.9. The van der Waals surface area contributed by atoms with E-state index in [1.165, 1.54) is 19.3 Å². The highest BCUT2D eigenvalue weighted by Gasteiger charge is 1.97. The van der Waals surface area contributed by atoms with Gasteiger partial charge in [-0.15, -0.1) is 24.0 Å². The van der Waals surface area contributed by atoms with Crippen LogP contribution in [-0.2, 0) is 0 Å². The van der Waals surface area contributed by atoms with E-state index in [0.29, 0.717) is 0 Å². The van der Waals surface area contributed by atoms with Crippen LogP contribution >= 0.6 is 24.0 Å². The molecule has 0 unspecified atom stereocenters. The highest BCUT2D eigenvalue weighted by molar-refractivity contribution is 14.0. The molecule has 5 heteroatoms. The molecule has 0 aliphatic rings. The molecule has 0 aromatic heterocycles. The fourth-order valence-electron chi connectivity index (χ4n) is 1.42. The molecule has 0 radical (unpaired) electrons. The third kappa shape index (κ3) is 12.4. The highest BCUT2D eigenvalue weighted by Crippen LogP contribution is 1.93. The number of unbranched alkanes of at least 4 members (excludes halogenated alkanes) is 2. The summed E-state index contributed by atoms with van der Waals surface area (Å²) >= 11 is 0. The third-order valence-electron chi connectivity index (χ3n) is 2.70. The Bertz CT molecular complexity index is 197. The van der Waals surface area contributed by atoms with Crippen molar-refractivity contribution >= 4 is 29.9 Å². The molecule has 0 fully saturated rings. The summed E-state index contributed by atoms with van der Waals surface area (Å²) in [4.78, 5) is 6.83. The summed E-state index contributed by atoms with van der Waals surface area (Å²) in [5.41, 5.74) is 0. The summed E-state index contributed by atoms with van der Waals surface area (Å²) in [5, 5.41) is 6.63. The van der Waals surface area contributed by atoms with Gasteiger partial charge in [0.05, 0.1) is 0 Å². The maximum Gasteiger partial charge on any atom is 0.191 e. The van der Waals surface area contributed by atoms with Crippen LogP contribution in [-0.4, -0.2) is 50.6 Å². The lowest BCUT2D eigenvalue weighted by atomic mass is 10.2. The van der Waals surface area contributed by atoms with Crippen LogP contribution in [0.4, 0.5) is 0 Å². The van der Waals surface area contributed by atoms with Gasteiger partial charge in [0.15, 0.2) is 5.96 Å². The van der Waals surface area contributed by atoms with Crippen molar-refractivity contribution in [1.29, 1.82) is 0 Å². The molecule has 0 spiro atoms. The molecule has 0 saturated heterocycles. The summed E-state index contributed by atoms with van der Waals surface area (Å²) in [5.74, 6) is 0.952. The smallest absolute Gasteiger partial charge is 0.191 e. The Morgan fingerprint density at radius 3 is 2.39 bits per heavy atom. The quantitative estimate of drug-likeness (QED) is 0.283.